The van der Waals surface area contributed by atoms with E-state index >= 15 is 0 Å². The Morgan fingerprint density at radius 2 is 1.74 bits per heavy atom. The van der Waals surface area contributed by atoms with Gasteiger partial charge in [0.05, 0.1) is 25.2 Å². The third kappa shape index (κ3) is 9.00. The zero-order valence-corrected chi connectivity index (χ0v) is 22.5. The predicted molar refractivity (Wildman–Crippen MR) is 134 cm³/mol. The molecule has 16 nitrogen and oxygen atoms in total. The largest absolute Gasteiger partial charge is 0.467 e. The van der Waals surface area contributed by atoms with Crippen LogP contribution in [0.15, 0.2) is 11.8 Å². The third-order valence-corrected chi connectivity index (χ3v) is 6.64. The Bertz CT molecular complexity index is 872. The minimum atomic E-state index is -4.67. The van der Waals surface area contributed by atoms with E-state index in [1.54, 1.807) is 14.0 Å². The Hall–Kier alpha value is -1.03. The number of rotatable bonds is 8. The fourth-order valence-electron chi connectivity index (χ4n) is 4.86. The highest BCUT2D eigenvalue weighted by Gasteiger charge is 2.51. The van der Waals surface area contributed by atoms with Crippen LogP contribution in [-0.2, 0) is 29.3 Å². The second-order valence-electron chi connectivity index (χ2n) is 9.76. The molecular weight excluding hydrogens is 530 g/mol. The van der Waals surface area contributed by atoms with E-state index < -0.39 is 71.1 Å². The molecule has 11 atom stereocenters. The van der Waals surface area contributed by atoms with Crippen LogP contribution in [-0.4, -0.2) is 126 Å². The monoisotopic (exact) mass is 573 g/mol. The molecule has 17 heteroatoms. The summed E-state index contributed by atoms with van der Waals surface area (Å²) < 4.78 is 55.1. The number of nitrogens with one attached hydrogen (secondary N) is 2. The summed E-state index contributed by atoms with van der Waals surface area (Å²) in [5.74, 6) is 0.572. The van der Waals surface area contributed by atoms with Crippen LogP contribution in [0.4, 0.5) is 0 Å². The number of aliphatic hydroxyl groups is 3. The molecule has 38 heavy (non-hydrogen) atoms. The van der Waals surface area contributed by atoms with Gasteiger partial charge in [0.15, 0.2) is 6.29 Å². The van der Waals surface area contributed by atoms with Crippen molar-refractivity contribution in [1.82, 2.24) is 10.6 Å². The minimum Gasteiger partial charge on any atom is -0.467 e. The highest BCUT2D eigenvalue weighted by molar-refractivity contribution is 7.79. The molecule has 0 spiro atoms. The maximum Gasteiger partial charge on any atom is 0.394 e. The zero-order valence-electron chi connectivity index (χ0n) is 21.7. The smallest absolute Gasteiger partial charge is 0.394 e. The highest BCUT2D eigenvalue weighted by Crippen LogP contribution is 2.31. The van der Waals surface area contributed by atoms with Gasteiger partial charge in [-0.2, -0.15) is 8.42 Å². The number of nitrogens with two attached hydrogens (primary N) is 3. The van der Waals surface area contributed by atoms with E-state index in [0.29, 0.717) is 25.1 Å². The minimum absolute atomic E-state index is 0.0483. The number of hydrogen-bond donors (Lipinski definition) is 10. The highest BCUT2D eigenvalue weighted by atomic mass is 32.3. The molecule has 0 radical (unpaired) electrons. The normalized spacial score (nSPS) is 41.9. The van der Waals surface area contributed by atoms with Gasteiger partial charge in [-0.1, -0.05) is 6.92 Å². The first-order chi connectivity index (χ1) is 17.6. The molecule has 1 saturated carbocycles. The van der Waals surface area contributed by atoms with Gasteiger partial charge in [-0.3, -0.25) is 9.11 Å². The van der Waals surface area contributed by atoms with Gasteiger partial charge in [-0.25, -0.2) is 0 Å². The van der Waals surface area contributed by atoms with Gasteiger partial charge in [-0.15, -0.1) is 0 Å². The Balaban J connectivity index is 0.000000926. The summed E-state index contributed by atoms with van der Waals surface area (Å²) in [6.07, 6.45) is -3.05. The van der Waals surface area contributed by atoms with Crippen molar-refractivity contribution in [2.75, 3.05) is 26.7 Å². The van der Waals surface area contributed by atoms with E-state index in [-0.39, 0.29) is 19.2 Å². The quantitative estimate of drug-likeness (QED) is 0.124. The molecule has 2 heterocycles. The van der Waals surface area contributed by atoms with Crippen molar-refractivity contribution in [3.63, 3.8) is 0 Å². The first-order valence-corrected chi connectivity index (χ1v) is 13.7. The van der Waals surface area contributed by atoms with Crippen molar-refractivity contribution < 1.29 is 51.8 Å². The molecule has 1 saturated heterocycles. The van der Waals surface area contributed by atoms with Crippen LogP contribution < -0.4 is 27.8 Å². The van der Waals surface area contributed by atoms with Crippen molar-refractivity contribution in [2.45, 2.75) is 93.5 Å². The van der Waals surface area contributed by atoms with Crippen molar-refractivity contribution in [2.24, 2.45) is 17.2 Å². The standard InChI is InChI=1S/C21H41N5O7.H2O4S/c1-4-26-13-7-12(24)16(32-19-11(23)6-5-10(8-22)31-19)14(27)17(13)33-20-15(28)18(25-3)21(2,29)9-30-20;1-5(2,3)4/h5,11-20,25-29H,4,6-9,22-24H2,1-3H3;(H2,1,2,3,4)/t11-,12+,13+,14+,15-,16-,17+,18+,19-,20-,21+;/m1./s1. The van der Waals surface area contributed by atoms with Crippen LogP contribution in [0.5, 0.6) is 0 Å². The van der Waals surface area contributed by atoms with E-state index in [2.05, 4.69) is 10.6 Å². The first kappa shape index (κ1) is 33.2. The summed E-state index contributed by atoms with van der Waals surface area (Å²) in [5.41, 5.74) is 16.9. The SMILES string of the molecule is CCN[C@H]1C[C@H](N)[C@@H](O[C@H]2OC(CN)=CC[C@H]2N)[C@H](O)[C@H]1O[C@H]1OC[C@](C)(O)[C@@H](NC)[C@H]1O.O=S(=O)(O)O. The molecule has 2 aliphatic heterocycles. The molecule has 224 valence electrons. The Morgan fingerprint density at radius 3 is 2.29 bits per heavy atom. The average Bonchev–Trinajstić information content (AvgIpc) is 2.80. The lowest BCUT2D eigenvalue weighted by molar-refractivity contribution is -0.304. The van der Waals surface area contributed by atoms with Crippen molar-refractivity contribution in [3.05, 3.63) is 11.8 Å². The lowest BCUT2D eigenvalue weighted by Crippen LogP contribution is -2.69. The summed E-state index contributed by atoms with van der Waals surface area (Å²) in [7, 11) is -3.03. The van der Waals surface area contributed by atoms with Gasteiger partial charge < -0.3 is 62.1 Å². The summed E-state index contributed by atoms with van der Waals surface area (Å²) in [6, 6.07) is -1.95. The molecule has 2 fully saturated rings. The Kier molecular flexibility index (Phi) is 12.3. The molecular formula is C21H43N5O11S. The van der Waals surface area contributed by atoms with Crippen molar-refractivity contribution in [3.8, 4) is 0 Å². The molecule has 13 N–H and O–H groups in total. The summed E-state index contributed by atoms with van der Waals surface area (Å²) in [4.78, 5) is 0. The molecule has 1 aliphatic carbocycles. The van der Waals surface area contributed by atoms with Gasteiger partial charge >= 0.3 is 10.4 Å². The zero-order chi connectivity index (χ0) is 28.8. The predicted octanol–water partition coefficient (Wildman–Crippen LogP) is -3.85. The number of hydrogen-bond acceptors (Lipinski definition) is 14. The second kappa shape index (κ2) is 14.0. The molecule has 0 unspecified atom stereocenters. The van der Waals surface area contributed by atoms with Crippen LogP contribution in [0.2, 0.25) is 0 Å². The van der Waals surface area contributed by atoms with Crippen molar-refractivity contribution >= 4 is 10.4 Å². The summed E-state index contributed by atoms with van der Waals surface area (Å²) in [6.45, 7) is 4.30. The Morgan fingerprint density at radius 1 is 1.13 bits per heavy atom. The van der Waals surface area contributed by atoms with Crippen LogP contribution in [0.1, 0.15) is 26.7 Å². The van der Waals surface area contributed by atoms with Crippen molar-refractivity contribution in [1.29, 1.82) is 0 Å². The van der Waals surface area contributed by atoms with Crippen LogP contribution >= 0.6 is 0 Å². The lowest BCUT2D eigenvalue weighted by atomic mass is 9.83. The fraction of sp³-hybridized carbons (Fsp3) is 0.905. The van der Waals surface area contributed by atoms with Crippen LogP contribution in [0.25, 0.3) is 0 Å². The van der Waals surface area contributed by atoms with Gasteiger partial charge in [0.25, 0.3) is 0 Å². The third-order valence-electron chi connectivity index (χ3n) is 6.64. The van der Waals surface area contributed by atoms with E-state index in [1.165, 1.54) is 0 Å². The fourth-order valence-corrected chi connectivity index (χ4v) is 4.86. The van der Waals surface area contributed by atoms with Crippen LogP contribution in [0, 0.1) is 0 Å². The van der Waals surface area contributed by atoms with E-state index in [0.717, 1.165) is 0 Å². The molecule has 0 aromatic rings. The Labute approximate surface area is 222 Å². The summed E-state index contributed by atoms with van der Waals surface area (Å²) in [5, 5.41) is 38.8. The average molecular weight is 574 g/mol. The lowest BCUT2D eigenvalue weighted by Gasteiger charge is -2.49. The van der Waals surface area contributed by atoms with E-state index in [1.807, 2.05) is 13.0 Å². The molecule has 0 aromatic heterocycles. The molecule has 0 amide bonds. The number of likely N-dealkylation sites (N-methyl/N-ethyl adjacent to an activating group) is 2. The number of ether oxygens (including phenoxy) is 4. The summed E-state index contributed by atoms with van der Waals surface area (Å²) >= 11 is 0. The van der Waals surface area contributed by atoms with E-state index in [4.69, 9.17) is 53.7 Å². The second-order valence-corrected chi connectivity index (χ2v) is 10.7. The molecule has 0 aromatic carbocycles. The van der Waals surface area contributed by atoms with Gasteiger partial charge in [-0.05, 0) is 39.4 Å². The number of aliphatic hydroxyl groups excluding tert-OH is 2. The van der Waals surface area contributed by atoms with Gasteiger partial charge in [0.1, 0.15) is 35.8 Å². The maximum atomic E-state index is 11.3. The van der Waals surface area contributed by atoms with Crippen LogP contribution in [0.3, 0.4) is 0 Å². The van der Waals surface area contributed by atoms with Gasteiger partial charge in [0, 0.05) is 12.1 Å². The molecule has 0 bridgehead atoms. The van der Waals surface area contributed by atoms with E-state index in [9.17, 15) is 15.3 Å². The maximum absolute atomic E-state index is 11.3. The molecule has 3 rings (SSSR count). The molecule has 3 aliphatic rings. The van der Waals surface area contributed by atoms with Gasteiger partial charge in [0.2, 0.25) is 6.29 Å². The first-order valence-electron chi connectivity index (χ1n) is 12.3. The topological polar surface area (TPSA) is 274 Å².